The maximum atomic E-state index is 5.92. The Hall–Kier alpha value is 0.250. The van der Waals surface area contributed by atoms with Crippen molar-refractivity contribution in [3.63, 3.8) is 0 Å². The molecule has 0 spiro atoms. The third kappa shape index (κ3) is 0.960. The van der Waals surface area contributed by atoms with Crippen LogP contribution in [0, 0.1) is 11.3 Å². The van der Waals surface area contributed by atoms with E-state index in [9.17, 15) is 0 Å². The van der Waals surface area contributed by atoms with Crippen molar-refractivity contribution in [2.75, 3.05) is 19.1 Å². The molecule has 0 bridgehead atoms. The molecular weight excluding hydrogens is 148 g/mol. The minimum absolute atomic E-state index is 0.390. The SMILES string of the molecule is ClCC1(C2CC2)CCOC1. The number of rotatable bonds is 2. The van der Waals surface area contributed by atoms with E-state index in [0.29, 0.717) is 5.41 Å². The van der Waals surface area contributed by atoms with E-state index in [4.69, 9.17) is 16.3 Å². The predicted molar refractivity (Wildman–Crippen MR) is 41.3 cm³/mol. The highest BCUT2D eigenvalue weighted by molar-refractivity contribution is 6.18. The summed E-state index contributed by atoms with van der Waals surface area (Å²) in [5.41, 5.74) is 0.390. The average molecular weight is 161 g/mol. The molecule has 2 heteroatoms. The molecule has 2 rings (SSSR count). The van der Waals surface area contributed by atoms with Gasteiger partial charge in [0.05, 0.1) is 6.61 Å². The van der Waals surface area contributed by atoms with E-state index < -0.39 is 0 Å². The summed E-state index contributed by atoms with van der Waals surface area (Å²) in [6.45, 7) is 1.85. The van der Waals surface area contributed by atoms with Crippen LogP contribution in [0.25, 0.3) is 0 Å². The third-order valence-electron chi connectivity index (χ3n) is 2.84. The van der Waals surface area contributed by atoms with Crippen molar-refractivity contribution in [2.24, 2.45) is 11.3 Å². The van der Waals surface area contributed by atoms with Crippen LogP contribution < -0.4 is 0 Å². The number of hydrogen-bond donors (Lipinski definition) is 0. The van der Waals surface area contributed by atoms with Gasteiger partial charge < -0.3 is 4.74 Å². The van der Waals surface area contributed by atoms with E-state index in [1.807, 2.05) is 0 Å². The van der Waals surface area contributed by atoms with Gasteiger partial charge in [-0.2, -0.15) is 0 Å². The summed E-state index contributed by atoms with van der Waals surface area (Å²) in [7, 11) is 0. The van der Waals surface area contributed by atoms with Crippen molar-refractivity contribution in [3.05, 3.63) is 0 Å². The van der Waals surface area contributed by atoms with Gasteiger partial charge >= 0.3 is 0 Å². The second kappa shape index (κ2) is 2.38. The fourth-order valence-electron chi connectivity index (χ4n) is 1.86. The van der Waals surface area contributed by atoms with Crippen LogP contribution in [0.1, 0.15) is 19.3 Å². The predicted octanol–water partition coefficient (Wildman–Crippen LogP) is 2.04. The lowest BCUT2D eigenvalue weighted by Gasteiger charge is -2.23. The molecule has 1 saturated carbocycles. The Morgan fingerprint density at radius 3 is 2.70 bits per heavy atom. The minimum atomic E-state index is 0.390. The minimum Gasteiger partial charge on any atom is -0.381 e. The molecule has 1 heterocycles. The highest BCUT2D eigenvalue weighted by Gasteiger charge is 2.46. The molecule has 1 aliphatic carbocycles. The van der Waals surface area contributed by atoms with Gasteiger partial charge in [-0.25, -0.2) is 0 Å². The lowest BCUT2D eigenvalue weighted by atomic mass is 9.84. The van der Waals surface area contributed by atoms with Crippen LogP contribution in [0.15, 0.2) is 0 Å². The van der Waals surface area contributed by atoms with Crippen LogP contribution in [0.5, 0.6) is 0 Å². The molecule has 1 unspecified atom stereocenters. The average Bonchev–Trinajstić information content (AvgIpc) is 2.71. The molecule has 1 atom stereocenters. The maximum absolute atomic E-state index is 5.92. The van der Waals surface area contributed by atoms with E-state index >= 15 is 0 Å². The Labute approximate surface area is 66.7 Å². The number of hydrogen-bond acceptors (Lipinski definition) is 1. The largest absolute Gasteiger partial charge is 0.381 e. The molecule has 0 N–H and O–H groups in total. The van der Waals surface area contributed by atoms with Crippen LogP contribution in [0.2, 0.25) is 0 Å². The van der Waals surface area contributed by atoms with E-state index in [2.05, 4.69) is 0 Å². The molecule has 2 fully saturated rings. The van der Waals surface area contributed by atoms with Crippen molar-refractivity contribution >= 4 is 11.6 Å². The molecule has 0 aromatic heterocycles. The molecule has 58 valence electrons. The Morgan fingerprint density at radius 1 is 1.50 bits per heavy atom. The molecule has 0 amide bonds. The summed E-state index contributed by atoms with van der Waals surface area (Å²) >= 11 is 5.92. The third-order valence-corrected chi connectivity index (χ3v) is 3.38. The van der Waals surface area contributed by atoms with Gasteiger partial charge in [0.1, 0.15) is 0 Å². The lowest BCUT2D eigenvalue weighted by Crippen LogP contribution is -2.25. The molecule has 1 nitrogen and oxygen atoms in total. The van der Waals surface area contributed by atoms with Gasteiger partial charge in [-0.15, -0.1) is 11.6 Å². The highest BCUT2D eigenvalue weighted by Crippen LogP contribution is 2.50. The quantitative estimate of drug-likeness (QED) is 0.562. The van der Waals surface area contributed by atoms with Gasteiger partial charge in [-0.05, 0) is 25.2 Å². The molecule has 2 aliphatic rings. The van der Waals surface area contributed by atoms with Crippen LogP contribution in [0.3, 0.4) is 0 Å². The zero-order valence-electron chi connectivity index (χ0n) is 6.11. The summed E-state index contributed by atoms with van der Waals surface area (Å²) in [6.07, 6.45) is 3.97. The van der Waals surface area contributed by atoms with Gasteiger partial charge in [-0.1, -0.05) is 0 Å². The van der Waals surface area contributed by atoms with Crippen LogP contribution in [-0.4, -0.2) is 19.1 Å². The van der Waals surface area contributed by atoms with Gasteiger partial charge in [-0.3, -0.25) is 0 Å². The zero-order valence-corrected chi connectivity index (χ0v) is 6.86. The van der Waals surface area contributed by atoms with Crippen LogP contribution in [-0.2, 0) is 4.74 Å². The van der Waals surface area contributed by atoms with Crippen molar-refractivity contribution < 1.29 is 4.74 Å². The molecule has 0 radical (unpaired) electrons. The van der Waals surface area contributed by atoms with Gasteiger partial charge in [0.25, 0.3) is 0 Å². The monoisotopic (exact) mass is 160 g/mol. The second-order valence-electron chi connectivity index (χ2n) is 3.57. The standard InChI is InChI=1S/C8H13ClO/c9-5-8(7-1-2-7)3-4-10-6-8/h7H,1-6H2. The van der Waals surface area contributed by atoms with Crippen LogP contribution in [0.4, 0.5) is 0 Å². The first kappa shape index (κ1) is 6.93. The Balaban J connectivity index is 2.04. The van der Waals surface area contributed by atoms with Crippen molar-refractivity contribution in [3.8, 4) is 0 Å². The zero-order chi connectivity index (χ0) is 7.03. The first-order valence-corrected chi connectivity index (χ1v) is 4.54. The summed E-state index contributed by atoms with van der Waals surface area (Å²) in [4.78, 5) is 0. The molecule has 1 saturated heterocycles. The van der Waals surface area contributed by atoms with Crippen molar-refractivity contribution in [2.45, 2.75) is 19.3 Å². The van der Waals surface area contributed by atoms with E-state index in [0.717, 1.165) is 25.0 Å². The van der Waals surface area contributed by atoms with Crippen LogP contribution >= 0.6 is 11.6 Å². The normalized spacial score (nSPS) is 40.5. The number of alkyl halides is 1. The Morgan fingerprint density at radius 2 is 2.30 bits per heavy atom. The summed E-state index contributed by atoms with van der Waals surface area (Å²) in [6, 6.07) is 0. The fraction of sp³-hybridized carbons (Fsp3) is 1.00. The first-order chi connectivity index (χ1) is 4.87. The Kier molecular flexibility index (Phi) is 1.65. The molecular formula is C8H13ClO. The fourth-order valence-corrected chi connectivity index (χ4v) is 2.28. The van der Waals surface area contributed by atoms with Crippen molar-refractivity contribution in [1.29, 1.82) is 0 Å². The number of ether oxygens (including phenoxy) is 1. The van der Waals surface area contributed by atoms with Gasteiger partial charge in [0, 0.05) is 17.9 Å². The maximum Gasteiger partial charge on any atom is 0.0537 e. The highest BCUT2D eigenvalue weighted by atomic mass is 35.5. The smallest absolute Gasteiger partial charge is 0.0537 e. The second-order valence-corrected chi connectivity index (χ2v) is 3.84. The summed E-state index contributed by atoms with van der Waals surface area (Å²) < 4.78 is 5.37. The summed E-state index contributed by atoms with van der Waals surface area (Å²) in [5.74, 6) is 1.70. The lowest BCUT2D eigenvalue weighted by molar-refractivity contribution is 0.150. The number of halogens is 1. The van der Waals surface area contributed by atoms with E-state index in [-0.39, 0.29) is 0 Å². The molecule has 0 aromatic carbocycles. The summed E-state index contributed by atoms with van der Waals surface area (Å²) in [5, 5.41) is 0. The van der Waals surface area contributed by atoms with E-state index in [1.54, 1.807) is 0 Å². The van der Waals surface area contributed by atoms with E-state index in [1.165, 1.54) is 19.3 Å². The molecule has 0 aromatic rings. The molecule has 10 heavy (non-hydrogen) atoms. The first-order valence-electron chi connectivity index (χ1n) is 4.01. The van der Waals surface area contributed by atoms with Gasteiger partial charge in [0.2, 0.25) is 0 Å². The topological polar surface area (TPSA) is 9.23 Å². The Bertz CT molecular complexity index is 125. The van der Waals surface area contributed by atoms with Gasteiger partial charge in [0.15, 0.2) is 0 Å². The van der Waals surface area contributed by atoms with Crippen molar-refractivity contribution in [1.82, 2.24) is 0 Å². The molecule has 1 aliphatic heterocycles.